The fourth-order valence-corrected chi connectivity index (χ4v) is 1.98. The first-order valence-corrected chi connectivity index (χ1v) is 6.40. The molecule has 2 rings (SSSR count). The van der Waals surface area contributed by atoms with E-state index in [2.05, 4.69) is 26.3 Å². The minimum atomic E-state index is -0.460. The van der Waals surface area contributed by atoms with Crippen molar-refractivity contribution in [2.45, 2.75) is 6.92 Å². The summed E-state index contributed by atoms with van der Waals surface area (Å²) in [6.45, 7) is 1.64. The van der Waals surface area contributed by atoms with Crippen LogP contribution in [0.15, 0.2) is 27.5 Å². The minimum absolute atomic E-state index is 0.220. The molecular formula is C11H9BrClN3O2. The molecule has 0 aliphatic rings. The molecule has 0 bridgehead atoms. The highest BCUT2D eigenvalue weighted by Crippen LogP contribution is 2.15. The Morgan fingerprint density at radius 1 is 1.56 bits per heavy atom. The first kappa shape index (κ1) is 13.0. The fourth-order valence-electron chi connectivity index (χ4n) is 1.56. The Labute approximate surface area is 116 Å². The van der Waals surface area contributed by atoms with Gasteiger partial charge in [-0.3, -0.25) is 15.0 Å². The van der Waals surface area contributed by atoms with Crippen molar-refractivity contribution in [2.24, 2.45) is 0 Å². The summed E-state index contributed by atoms with van der Waals surface area (Å²) in [5, 5.41) is 0.421. The van der Waals surface area contributed by atoms with E-state index in [0.29, 0.717) is 16.7 Å². The molecule has 0 fully saturated rings. The van der Waals surface area contributed by atoms with E-state index in [1.807, 2.05) is 0 Å². The predicted molar refractivity (Wildman–Crippen MR) is 73.5 cm³/mol. The molecule has 1 aromatic carbocycles. The molecule has 94 valence electrons. The summed E-state index contributed by atoms with van der Waals surface area (Å²) in [5.41, 5.74) is 2.64. The summed E-state index contributed by atoms with van der Waals surface area (Å²) < 4.78 is 1.87. The summed E-state index contributed by atoms with van der Waals surface area (Å²) in [7, 11) is 0. The van der Waals surface area contributed by atoms with E-state index in [4.69, 9.17) is 11.6 Å². The first-order valence-electron chi connectivity index (χ1n) is 5.07. The number of fused-ring (bicyclic) bond motifs is 1. The van der Waals surface area contributed by atoms with Gasteiger partial charge in [0.25, 0.3) is 11.5 Å². The molecule has 1 N–H and O–H groups in total. The van der Waals surface area contributed by atoms with Crippen molar-refractivity contribution in [2.75, 3.05) is 11.3 Å². The number of hydrogen-bond acceptors (Lipinski definition) is 3. The third-order valence-electron chi connectivity index (χ3n) is 2.36. The van der Waals surface area contributed by atoms with Crippen LogP contribution < -0.4 is 11.0 Å². The highest BCUT2D eigenvalue weighted by Gasteiger charge is 2.10. The maximum absolute atomic E-state index is 12.2. The molecule has 1 aromatic heterocycles. The van der Waals surface area contributed by atoms with Crippen LogP contribution in [0.1, 0.15) is 5.82 Å². The molecule has 0 atom stereocenters. The van der Waals surface area contributed by atoms with Gasteiger partial charge in [-0.1, -0.05) is 15.9 Å². The van der Waals surface area contributed by atoms with Crippen LogP contribution >= 0.6 is 27.5 Å². The first-order chi connectivity index (χ1) is 8.52. The molecule has 18 heavy (non-hydrogen) atoms. The van der Waals surface area contributed by atoms with Gasteiger partial charge in [0, 0.05) is 4.47 Å². The number of nitrogens with zero attached hydrogens (tertiary/aromatic N) is 2. The number of benzene rings is 1. The van der Waals surface area contributed by atoms with Crippen LogP contribution in [0.4, 0.5) is 0 Å². The molecular weight excluding hydrogens is 321 g/mol. The average Bonchev–Trinajstić information content (AvgIpc) is 2.35. The Balaban J connectivity index is 2.67. The molecule has 7 heteroatoms. The van der Waals surface area contributed by atoms with Gasteiger partial charge in [0.2, 0.25) is 0 Å². The van der Waals surface area contributed by atoms with Gasteiger partial charge in [-0.25, -0.2) is 9.66 Å². The Kier molecular flexibility index (Phi) is 3.68. The molecule has 0 saturated heterocycles. The Bertz CT molecular complexity index is 684. The van der Waals surface area contributed by atoms with E-state index in [0.717, 1.165) is 9.15 Å². The molecule has 0 unspecified atom stereocenters. The van der Waals surface area contributed by atoms with Crippen LogP contribution in [0.25, 0.3) is 10.9 Å². The SMILES string of the molecule is Cc1nc2ccc(Br)cc2c(=O)n1NC(=O)CCl. The average molecular weight is 331 g/mol. The standard InChI is InChI=1S/C11H9BrClN3O2/c1-6-14-9-3-2-7(12)4-8(9)11(18)16(6)15-10(17)5-13/h2-4H,5H2,1H3,(H,15,17). The van der Waals surface area contributed by atoms with Gasteiger partial charge in [0.15, 0.2) is 0 Å². The summed E-state index contributed by atoms with van der Waals surface area (Å²) in [6.07, 6.45) is 0. The lowest BCUT2D eigenvalue weighted by Crippen LogP contribution is -2.36. The number of aromatic nitrogens is 2. The van der Waals surface area contributed by atoms with Gasteiger partial charge in [0.05, 0.1) is 10.9 Å². The second-order valence-electron chi connectivity index (χ2n) is 3.63. The molecule has 0 aliphatic heterocycles. The quantitative estimate of drug-likeness (QED) is 0.854. The fraction of sp³-hybridized carbons (Fsp3) is 0.182. The third-order valence-corrected chi connectivity index (χ3v) is 3.09. The molecule has 0 aliphatic carbocycles. The van der Waals surface area contributed by atoms with Gasteiger partial charge in [-0.2, -0.15) is 0 Å². The highest BCUT2D eigenvalue weighted by atomic mass is 79.9. The van der Waals surface area contributed by atoms with Crippen molar-refractivity contribution in [3.8, 4) is 0 Å². The molecule has 2 aromatic rings. The monoisotopic (exact) mass is 329 g/mol. The van der Waals surface area contributed by atoms with E-state index < -0.39 is 5.91 Å². The van der Waals surface area contributed by atoms with Crippen molar-refractivity contribution in [3.05, 3.63) is 38.9 Å². The van der Waals surface area contributed by atoms with Crippen LogP contribution in [0, 0.1) is 6.92 Å². The number of carbonyl (C=O) groups is 1. The number of halogens is 2. The molecule has 1 heterocycles. The number of alkyl halides is 1. The van der Waals surface area contributed by atoms with Gasteiger partial charge in [0.1, 0.15) is 11.7 Å². The number of nitrogens with one attached hydrogen (secondary N) is 1. The van der Waals surface area contributed by atoms with Gasteiger partial charge in [-0.15, -0.1) is 11.6 Å². The van der Waals surface area contributed by atoms with Gasteiger partial charge in [-0.05, 0) is 25.1 Å². The molecule has 0 spiro atoms. The van der Waals surface area contributed by atoms with E-state index in [9.17, 15) is 9.59 Å². The number of hydrogen-bond donors (Lipinski definition) is 1. The minimum Gasteiger partial charge on any atom is -0.272 e. The lowest BCUT2D eigenvalue weighted by Gasteiger charge is -2.10. The number of carbonyl (C=O) groups excluding carboxylic acids is 1. The zero-order valence-electron chi connectivity index (χ0n) is 9.41. The van der Waals surface area contributed by atoms with Crippen molar-refractivity contribution in [1.82, 2.24) is 9.66 Å². The van der Waals surface area contributed by atoms with Crippen LogP contribution in [0.3, 0.4) is 0 Å². The summed E-state index contributed by atoms with van der Waals surface area (Å²) in [5.74, 6) is -0.283. The normalized spacial score (nSPS) is 10.6. The van der Waals surface area contributed by atoms with Crippen molar-refractivity contribution >= 4 is 44.3 Å². The second kappa shape index (κ2) is 5.07. The summed E-state index contributed by atoms with van der Waals surface area (Å²) >= 11 is 8.68. The van der Waals surface area contributed by atoms with Crippen LogP contribution in [0.2, 0.25) is 0 Å². The smallest absolute Gasteiger partial charge is 0.272 e. The topological polar surface area (TPSA) is 64.0 Å². The molecule has 5 nitrogen and oxygen atoms in total. The van der Waals surface area contributed by atoms with Gasteiger partial charge < -0.3 is 0 Å². The Hall–Kier alpha value is -1.40. The van der Waals surface area contributed by atoms with E-state index >= 15 is 0 Å². The van der Waals surface area contributed by atoms with E-state index in [-0.39, 0.29) is 11.4 Å². The van der Waals surface area contributed by atoms with Crippen LogP contribution in [0.5, 0.6) is 0 Å². The number of rotatable bonds is 2. The van der Waals surface area contributed by atoms with Crippen LogP contribution in [-0.2, 0) is 4.79 Å². The Morgan fingerprint density at radius 2 is 2.28 bits per heavy atom. The second-order valence-corrected chi connectivity index (χ2v) is 4.81. The van der Waals surface area contributed by atoms with Crippen molar-refractivity contribution < 1.29 is 4.79 Å². The van der Waals surface area contributed by atoms with Crippen LogP contribution in [-0.4, -0.2) is 21.4 Å². The van der Waals surface area contributed by atoms with Crippen molar-refractivity contribution in [1.29, 1.82) is 0 Å². The van der Waals surface area contributed by atoms with Gasteiger partial charge >= 0.3 is 0 Å². The molecule has 1 amide bonds. The van der Waals surface area contributed by atoms with E-state index in [1.165, 1.54) is 0 Å². The Morgan fingerprint density at radius 3 is 2.94 bits per heavy atom. The van der Waals surface area contributed by atoms with Crippen molar-refractivity contribution in [3.63, 3.8) is 0 Å². The maximum Gasteiger partial charge on any atom is 0.280 e. The molecule has 0 radical (unpaired) electrons. The highest BCUT2D eigenvalue weighted by molar-refractivity contribution is 9.10. The zero-order chi connectivity index (χ0) is 13.3. The predicted octanol–water partition coefficient (Wildman–Crippen LogP) is 1.78. The zero-order valence-corrected chi connectivity index (χ0v) is 11.7. The summed E-state index contributed by atoms with van der Waals surface area (Å²) in [6, 6.07) is 5.20. The third kappa shape index (κ3) is 2.39. The maximum atomic E-state index is 12.2. The number of aryl methyl sites for hydroxylation is 1. The lowest BCUT2D eigenvalue weighted by atomic mass is 10.2. The van der Waals surface area contributed by atoms with E-state index in [1.54, 1.807) is 25.1 Å². The summed E-state index contributed by atoms with van der Waals surface area (Å²) in [4.78, 5) is 27.7. The number of amides is 1. The molecule has 0 saturated carbocycles. The lowest BCUT2D eigenvalue weighted by molar-refractivity contribution is -0.114. The largest absolute Gasteiger partial charge is 0.280 e.